The van der Waals surface area contributed by atoms with Crippen LogP contribution in [0.15, 0.2) is 72.8 Å². The molecule has 1 atom stereocenters. The molecule has 0 saturated heterocycles. The van der Waals surface area contributed by atoms with Crippen LogP contribution in [0.5, 0.6) is 0 Å². The lowest BCUT2D eigenvalue weighted by Crippen LogP contribution is -2.41. The number of carbonyl (C=O) groups excluding carboxylic acids is 1. The second kappa shape index (κ2) is 6.97. The zero-order valence-electron chi connectivity index (χ0n) is 14.7. The van der Waals surface area contributed by atoms with Crippen molar-refractivity contribution in [2.75, 3.05) is 6.54 Å². The van der Waals surface area contributed by atoms with Crippen molar-refractivity contribution in [3.05, 3.63) is 106 Å². The number of rotatable bonds is 2. The van der Waals surface area contributed by atoms with E-state index < -0.39 is 0 Å². The molecule has 4 rings (SSSR count). The summed E-state index contributed by atoms with van der Waals surface area (Å²) in [5.41, 5.74) is 5.17. The van der Waals surface area contributed by atoms with Crippen molar-refractivity contribution in [3.8, 4) is 0 Å². The summed E-state index contributed by atoms with van der Waals surface area (Å²) in [6, 6.07) is 23.8. The molecule has 1 heterocycles. The Kier molecular flexibility index (Phi) is 4.52. The van der Waals surface area contributed by atoms with E-state index in [9.17, 15) is 4.79 Å². The smallest absolute Gasteiger partial charge is 0.254 e. The molecule has 2 nitrogen and oxygen atoms in total. The Bertz CT molecular complexity index is 966. The monoisotopic (exact) mass is 361 g/mol. The molecule has 3 aromatic rings. The molecule has 0 radical (unpaired) electrons. The molecular weight excluding hydrogens is 342 g/mol. The highest BCUT2D eigenvalue weighted by atomic mass is 35.5. The van der Waals surface area contributed by atoms with Crippen molar-refractivity contribution in [3.63, 3.8) is 0 Å². The number of carbonyl (C=O) groups is 1. The van der Waals surface area contributed by atoms with Crippen LogP contribution in [0.3, 0.4) is 0 Å². The lowest BCUT2D eigenvalue weighted by atomic mass is 9.87. The molecule has 1 aliphatic rings. The number of nitrogens with zero attached hydrogens (tertiary/aromatic N) is 1. The Hall–Kier alpha value is -2.58. The van der Waals surface area contributed by atoms with Gasteiger partial charge < -0.3 is 4.90 Å². The number of fused-ring (bicyclic) bond motifs is 1. The van der Waals surface area contributed by atoms with Crippen molar-refractivity contribution >= 4 is 17.5 Å². The SMILES string of the molecule is Cc1ccccc1C(=O)N1CCc2ccccc2[C@H]1c1ccccc1Cl. The number of hydrogen-bond acceptors (Lipinski definition) is 1. The average Bonchev–Trinajstić information content (AvgIpc) is 2.67. The molecule has 130 valence electrons. The van der Waals surface area contributed by atoms with Gasteiger partial charge in [-0.3, -0.25) is 4.79 Å². The van der Waals surface area contributed by atoms with E-state index in [1.54, 1.807) is 0 Å². The van der Waals surface area contributed by atoms with Crippen molar-refractivity contribution in [1.29, 1.82) is 0 Å². The van der Waals surface area contributed by atoms with Crippen LogP contribution in [-0.4, -0.2) is 17.4 Å². The summed E-state index contributed by atoms with van der Waals surface area (Å²) in [7, 11) is 0. The topological polar surface area (TPSA) is 20.3 Å². The van der Waals surface area contributed by atoms with E-state index in [-0.39, 0.29) is 11.9 Å². The van der Waals surface area contributed by atoms with Crippen molar-refractivity contribution < 1.29 is 4.79 Å². The number of benzene rings is 3. The van der Waals surface area contributed by atoms with Gasteiger partial charge in [-0.2, -0.15) is 0 Å². The fourth-order valence-electron chi connectivity index (χ4n) is 3.79. The van der Waals surface area contributed by atoms with E-state index in [2.05, 4.69) is 18.2 Å². The average molecular weight is 362 g/mol. The molecule has 0 spiro atoms. The third-order valence-corrected chi connectivity index (χ3v) is 5.46. The van der Waals surface area contributed by atoms with Crippen LogP contribution in [0.2, 0.25) is 5.02 Å². The third kappa shape index (κ3) is 2.91. The summed E-state index contributed by atoms with van der Waals surface area (Å²) in [5, 5.41) is 0.691. The maximum absolute atomic E-state index is 13.4. The summed E-state index contributed by atoms with van der Waals surface area (Å²) in [6.07, 6.45) is 0.856. The summed E-state index contributed by atoms with van der Waals surface area (Å²) >= 11 is 6.53. The summed E-state index contributed by atoms with van der Waals surface area (Å²) in [4.78, 5) is 15.4. The van der Waals surface area contributed by atoms with Gasteiger partial charge in [-0.1, -0.05) is 72.3 Å². The summed E-state index contributed by atoms with van der Waals surface area (Å²) in [6.45, 7) is 2.66. The molecule has 3 heteroatoms. The second-order valence-electron chi connectivity index (χ2n) is 6.69. The van der Waals surface area contributed by atoms with Gasteiger partial charge in [-0.15, -0.1) is 0 Å². The van der Waals surface area contributed by atoms with E-state index in [0.717, 1.165) is 28.7 Å². The Morgan fingerprint density at radius 1 is 0.923 bits per heavy atom. The highest BCUT2D eigenvalue weighted by molar-refractivity contribution is 6.31. The fourth-order valence-corrected chi connectivity index (χ4v) is 4.02. The molecule has 0 N–H and O–H groups in total. The maximum atomic E-state index is 13.4. The third-order valence-electron chi connectivity index (χ3n) is 5.12. The van der Waals surface area contributed by atoms with E-state index in [0.29, 0.717) is 11.6 Å². The van der Waals surface area contributed by atoms with E-state index >= 15 is 0 Å². The Morgan fingerprint density at radius 3 is 2.35 bits per heavy atom. The zero-order valence-corrected chi connectivity index (χ0v) is 15.4. The van der Waals surface area contributed by atoms with Gasteiger partial charge in [0.05, 0.1) is 6.04 Å². The minimum atomic E-state index is -0.166. The second-order valence-corrected chi connectivity index (χ2v) is 7.09. The first kappa shape index (κ1) is 16.9. The van der Waals surface area contributed by atoms with E-state index in [4.69, 9.17) is 11.6 Å². The van der Waals surface area contributed by atoms with Crippen LogP contribution in [0.25, 0.3) is 0 Å². The lowest BCUT2D eigenvalue weighted by Gasteiger charge is -2.38. The standard InChI is InChI=1S/C23H20ClNO/c1-16-8-2-4-10-18(16)23(26)25-15-14-17-9-3-5-11-19(17)22(25)20-12-6-7-13-21(20)24/h2-13,22H,14-15H2,1H3/t22-/m0/s1. The lowest BCUT2D eigenvalue weighted by molar-refractivity contribution is 0.0694. The van der Waals surface area contributed by atoms with Crippen LogP contribution < -0.4 is 0 Å². The van der Waals surface area contributed by atoms with Gasteiger partial charge in [0.1, 0.15) is 0 Å². The minimum absolute atomic E-state index is 0.0579. The van der Waals surface area contributed by atoms with Crippen LogP contribution in [-0.2, 0) is 6.42 Å². The molecule has 0 saturated carbocycles. The van der Waals surface area contributed by atoms with Crippen LogP contribution >= 0.6 is 11.6 Å². The normalized spacial score (nSPS) is 16.2. The molecule has 0 bridgehead atoms. The van der Waals surface area contributed by atoms with Gasteiger partial charge in [0, 0.05) is 17.1 Å². The predicted molar refractivity (Wildman–Crippen MR) is 106 cm³/mol. The van der Waals surface area contributed by atoms with Gasteiger partial charge in [0.25, 0.3) is 5.91 Å². The van der Waals surface area contributed by atoms with Crippen LogP contribution in [0.4, 0.5) is 0 Å². The molecular formula is C23H20ClNO. The summed E-state index contributed by atoms with van der Waals surface area (Å²) in [5.74, 6) is 0.0579. The summed E-state index contributed by atoms with van der Waals surface area (Å²) < 4.78 is 0. The molecule has 1 amide bonds. The highest BCUT2D eigenvalue weighted by Gasteiger charge is 2.33. The van der Waals surface area contributed by atoms with Gasteiger partial charge in [0.2, 0.25) is 0 Å². The number of hydrogen-bond donors (Lipinski definition) is 0. The molecule has 0 unspecified atom stereocenters. The van der Waals surface area contributed by atoms with E-state index in [1.165, 1.54) is 5.56 Å². The quantitative estimate of drug-likeness (QED) is 0.595. The Labute approximate surface area is 159 Å². The Morgan fingerprint density at radius 2 is 1.58 bits per heavy atom. The molecule has 1 aliphatic heterocycles. The van der Waals surface area contributed by atoms with E-state index in [1.807, 2.05) is 66.4 Å². The fraction of sp³-hybridized carbons (Fsp3) is 0.174. The number of aryl methyl sites for hydroxylation is 1. The van der Waals surface area contributed by atoms with Crippen LogP contribution in [0.1, 0.15) is 38.7 Å². The van der Waals surface area contributed by atoms with Gasteiger partial charge >= 0.3 is 0 Å². The zero-order chi connectivity index (χ0) is 18.1. The van der Waals surface area contributed by atoms with Crippen LogP contribution in [0, 0.1) is 6.92 Å². The largest absolute Gasteiger partial charge is 0.327 e. The first-order valence-corrected chi connectivity index (χ1v) is 9.23. The van der Waals surface area contributed by atoms with Crippen molar-refractivity contribution in [1.82, 2.24) is 4.90 Å². The molecule has 3 aromatic carbocycles. The minimum Gasteiger partial charge on any atom is -0.327 e. The van der Waals surface area contributed by atoms with Gasteiger partial charge in [-0.05, 0) is 47.7 Å². The first-order valence-electron chi connectivity index (χ1n) is 8.85. The molecule has 0 fully saturated rings. The number of amides is 1. The van der Waals surface area contributed by atoms with Crippen molar-refractivity contribution in [2.24, 2.45) is 0 Å². The Balaban J connectivity index is 1.85. The molecule has 0 aromatic heterocycles. The maximum Gasteiger partial charge on any atom is 0.254 e. The van der Waals surface area contributed by atoms with Crippen molar-refractivity contribution in [2.45, 2.75) is 19.4 Å². The van der Waals surface area contributed by atoms with Gasteiger partial charge in [-0.25, -0.2) is 0 Å². The first-order chi connectivity index (χ1) is 12.7. The molecule has 26 heavy (non-hydrogen) atoms. The molecule has 0 aliphatic carbocycles. The van der Waals surface area contributed by atoms with Gasteiger partial charge in [0.15, 0.2) is 0 Å². The number of halogens is 1. The highest BCUT2D eigenvalue weighted by Crippen LogP contribution is 2.39. The predicted octanol–water partition coefficient (Wildman–Crippen LogP) is 5.44.